The zero-order valence-corrected chi connectivity index (χ0v) is 37.7. The number of likely N-dealkylation sites (tertiary alicyclic amines) is 1. The normalized spacial score (nSPS) is 17.2. The van der Waals surface area contributed by atoms with Crippen LogP contribution in [0.1, 0.15) is 72.9 Å². The molecule has 18 nitrogen and oxygen atoms in total. The molecule has 2 aromatic carbocycles. The molecule has 0 bridgehead atoms. The van der Waals surface area contributed by atoms with E-state index in [-0.39, 0.29) is 49.4 Å². The fourth-order valence-corrected chi connectivity index (χ4v) is 9.27. The number of nitrogens with one attached hydrogen (secondary N) is 4. The molecule has 3 saturated heterocycles. The molecule has 3 aliphatic rings. The van der Waals surface area contributed by atoms with Crippen LogP contribution in [0.15, 0.2) is 73.2 Å². The maximum absolute atomic E-state index is 15.6. The molecular formula is C46H51F2N9O9S. The average molecular weight is 944 g/mol. The molecule has 354 valence electrons. The molecule has 5 aromatic rings. The second kappa shape index (κ2) is 21.2. The molecule has 0 aliphatic carbocycles. The fraction of sp³-hybridized carbons (Fsp3) is 0.370. The number of hydrogen-bond donors (Lipinski definition) is 5. The second-order valence-corrected chi connectivity index (χ2v) is 18.2. The number of fused-ring (bicyclic) bond motifs is 1. The van der Waals surface area contributed by atoms with Gasteiger partial charge in [-0.3, -0.25) is 34.0 Å². The quantitative estimate of drug-likeness (QED) is 0.0583. The summed E-state index contributed by atoms with van der Waals surface area (Å²) in [4.78, 5) is 74.8. The van der Waals surface area contributed by atoms with Crippen molar-refractivity contribution in [2.75, 3.05) is 55.9 Å². The van der Waals surface area contributed by atoms with E-state index in [0.717, 1.165) is 61.0 Å². The van der Waals surface area contributed by atoms with E-state index in [0.29, 0.717) is 53.3 Å². The Morgan fingerprint density at radius 3 is 2.31 bits per heavy atom. The molecule has 3 aromatic heterocycles. The van der Waals surface area contributed by atoms with Gasteiger partial charge in [-0.05, 0) is 79.6 Å². The van der Waals surface area contributed by atoms with Crippen LogP contribution in [0.3, 0.4) is 0 Å². The maximum atomic E-state index is 15.6. The number of benzene rings is 2. The van der Waals surface area contributed by atoms with Crippen molar-refractivity contribution < 1.29 is 51.0 Å². The van der Waals surface area contributed by atoms with Crippen LogP contribution in [-0.2, 0) is 29.4 Å². The fourth-order valence-electron chi connectivity index (χ4n) is 8.34. The molecule has 0 saturated carbocycles. The number of ether oxygens (including phenoxy) is 1. The maximum Gasteiger partial charge on any atom is 0.301 e. The third-order valence-corrected chi connectivity index (χ3v) is 13.9. The molecule has 0 radical (unpaired) electrons. The van der Waals surface area contributed by atoms with Gasteiger partial charge in [-0.15, -0.1) is 0 Å². The van der Waals surface area contributed by atoms with Crippen molar-refractivity contribution >= 4 is 62.7 Å². The number of ketones is 1. The van der Waals surface area contributed by atoms with Crippen LogP contribution in [0.4, 0.5) is 20.3 Å². The van der Waals surface area contributed by atoms with Crippen molar-refractivity contribution in [1.29, 1.82) is 0 Å². The minimum atomic E-state index is -4.14. The van der Waals surface area contributed by atoms with Crippen molar-refractivity contribution in [3.63, 3.8) is 0 Å². The molecule has 3 fully saturated rings. The molecule has 21 heteroatoms. The van der Waals surface area contributed by atoms with E-state index in [1.165, 1.54) is 18.8 Å². The van der Waals surface area contributed by atoms with Gasteiger partial charge >= 0.3 is 10.2 Å². The van der Waals surface area contributed by atoms with Crippen LogP contribution in [0.25, 0.3) is 22.2 Å². The average Bonchev–Trinajstić information content (AvgIpc) is 3.77. The number of aromatic amines is 1. The number of H-pyrrole nitrogens is 1. The molecule has 3 aliphatic heterocycles. The number of hydrogen-bond acceptors (Lipinski definition) is 12. The van der Waals surface area contributed by atoms with Gasteiger partial charge in [0.05, 0.1) is 17.8 Å². The van der Waals surface area contributed by atoms with Gasteiger partial charge in [-0.2, -0.15) is 12.7 Å². The number of carbonyl (C=O) groups is 5. The molecule has 3 amide bonds. The van der Waals surface area contributed by atoms with Crippen LogP contribution >= 0.6 is 0 Å². The molecule has 5 N–H and O–H groups in total. The van der Waals surface area contributed by atoms with Gasteiger partial charge in [-0.25, -0.2) is 18.7 Å². The van der Waals surface area contributed by atoms with E-state index in [1.54, 1.807) is 25.4 Å². The number of amides is 3. The molecule has 67 heavy (non-hydrogen) atoms. The Kier molecular flexibility index (Phi) is 15.2. The Morgan fingerprint density at radius 1 is 0.955 bits per heavy atom. The summed E-state index contributed by atoms with van der Waals surface area (Å²) < 4.78 is 64.6. The van der Waals surface area contributed by atoms with Crippen LogP contribution in [-0.4, -0.2) is 126 Å². The predicted octanol–water partition coefficient (Wildman–Crippen LogP) is 4.59. The van der Waals surface area contributed by atoms with Gasteiger partial charge in [0.15, 0.2) is 11.9 Å². The number of imide groups is 1. The first-order valence-corrected chi connectivity index (χ1v) is 23.3. The summed E-state index contributed by atoms with van der Waals surface area (Å²) >= 11 is 0. The zero-order valence-electron chi connectivity index (χ0n) is 36.8. The minimum Gasteiger partial charge on any atom is -0.483 e. The van der Waals surface area contributed by atoms with Crippen LogP contribution in [0.5, 0.6) is 5.75 Å². The lowest BCUT2D eigenvalue weighted by molar-refractivity contribution is -0.139. The molecule has 6 heterocycles. The number of pyridine rings is 2. The van der Waals surface area contributed by atoms with Crippen LogP contribution in [0.2, 0.25) is 0 Å². The third-order valence-electron chi connectivity index (χ3n) is 12.3. The summed E-state index contributed by atoms with van der Waals surface area (Å²) in [6.45, 7) is 4.56. The lowest BCUT2D eigenvalue weighted by Crippen LogP contribution is -2.48. The summed E-state index contributed by atoms with van der Waals surface area (Å²) in [5, 5.41) is 13.0. The topological polar surface area (TPSA) is 236 Å². The number of anilines is 2. The van der Waals surface area contributed by atoms with Gasteiger partial charge in [0.1, 0.15) is 23.0 Å². The van der Waals surface area contributed by atoms with Crippen LogP contribution in [0, 0.1) is 11.6 Å². The Bertz CT molecular complexity index is 2720. The number of rotatable bonds is 14. The summed E-state index contributed by atoms with van der Waals surface area (Å²) in [5.74, 6) is -2.37. The molecular weight excluding hydrogens is 893 g/mol. The lowest BCUT2D eigenvalue weighted by atomic mass is 9.89. The van der Waals surface area contributed by atoms with E-state index in [2.05, 4.69) is 30.2 Å². The van der Waals surface area contributed by atoms with Gasteiger partial charge < -0.3 is 29.9 Å². The molecule has 1 unspecified atom stereocenters. The summed E-state index contributed by atoms with van der Waals surface area (Å²) in [6, 6.07) is 15.2. The van der Waals surface area contributed by atoms with Gasteiger partial charge in [0.2, 0.25) is 17.6 Å². The standard InChI is InChI=1S/C45H49F2N9O7S.CH2O2/c1-3-54(2)64(61,62)53-36-10-9-35(46)41(42(36)47)43(59)34-25-51-44-33(34)22-30(24-50-44)29-6-12-38(49-23-29)55-20-16-31(17-21-55)48-26-40(58)56-18-14-28(15-19-56)27-4-7-32(8-5-27)63-37-11-13-39(57)52-45(37)60;2-1-3/h4-10,12,22-25,28,31,37,48,53H,3,11,13-21,26H2,1-2H3,(H,50,51)(H,52,57,60);1H,(H,2,3). The van der Waals surface area contributed by atoms with E-state index >= 15 is 8.78 Å². The second-order valence-electron chi connectivity index (χ2n) is 16.4. The van der Waals surface area contributed by atoms with Crippen molar-refractivity contribution in [2.24, 2.45) is 0 Å². The van der Waals surface area contributed by atoms with Crippen molar-refractivity contribution in [3.8, 4) is 16.9 Å². The van der Waals surface area contributed by atoms with Crippen molar-refractivity contribution in [3.05, 3.63) is 102 Å². The monoisotopic (exact) mass is 943 g/mol. The first kappa shape index (κ1) is 48.1. The summed E-state index contributed by atoms with van der Waals surface area (Å²) in [6.07, 6.45) is 7.94. The number of aromatic nitrogens is 3. The SMILES string of the molecule is CCN(C)S(=O)(=O)Nc1ccc(F)c(C(=O)c2c[nH]c3ncc(-c4ccc(N5CCC(NCC(=O)N6CCC(c7ccc(OC8CCC(=O)NC8=O)cc7)CC6)CC5)nc4)cc23)c1F.O=CO. The number of piperidine rings is 3. The van der Waals surface area contributed by atoms with Crippen molar-refractivity contribution in [2.45, 2.75) is 63.5 Å². The first-order valence-electron chi connectivity index (χ1n) is 21.8. The smallest absolute Gasteiger partial charge is 0.301 e. The zero-order chi connectivity index (χ0) is 47.8. The number of carbonyl (C=O) groups excluding carboxylic acids is 4. The van der Waals surface area contributed by atoms with Gasteiger partial charge in [0, 0.05) is 99.3 Å². The molecule has 1 atom stereocenters. The number of carboxylic acid groups (broad SMARTS) is 1. The van der Waals surface area contributed by atoms with Gasteiger partial charge in [-0.1, -0.05) is 19.1 Å². The third kappa shape index (κ3) is 11.2. The Hall–Kier alpha value is -6.84. The number of halogens is 2. The summed E-state index contributed by atoms with van der Waals surface area (Å²) in [5.41, 5.74) is 1.31. The molecule has 0 spiro atoms. The number of nitrogens with zero attached hydrogens (tertiary/aromatic N) is 5. The van der Waals surface area contributed by atoms with Gasteiger partial charge in [0.25, 0.3) is 12.4 Å². The van der Waals surface area contributed by atoms with Crippen molar-refractivity contribution in [1.82, 2.24) is 34.8 Å². The van der Waals surface area contributed by atoms with Crippen LogP contribution < -0.4 is 25.0 Å². The Labute approximate surface area is 385 Å². The predicted molar refractivity (Wildman–Crippen MR) is 244 cm³/mol. The van der Waals surface area contributed by atoms with E-state index < -0.39 is 50.9 Å². The largest absolute Gasteiger partial charge is 0.483 e. The highest BCUT2D eigenvalue weighted by atomic mass is 32.2. The highest BCUT2D eigenvalue weighted by molar-refractivity contribution is 7.90. The Balaban J connectivity index is 0.00000216. The highest BCUT2D eigenvalue weighted by Crippen LogP contribution is 2.32. The van der Waals surface area contributed by atoms with E-state index in [4.69, 9.17) is 19.6 Å². The first-order chi connectivity index (χ1) is 32.2. The lowest BCUT2D eigenvalue weighted by Gasteiger charge is -2.35. The highest BCUT2D eigenvalue weighted by Gasteiger charge is 2.30. The summed E-state index contributed by atoms with van der Waals surface area (Å²) in [7, 11) is -2.85. The van der Waals surface area contributed by atoms with E-state index in [9.17, 15) is 27.6 Å². The Morgan fingerprint density at radius 2 is 1.66 bits per heavy atom. The molecule has 8 rings (SSSR count). The minimum absolute atomic E-state index is 0.0411. The van der Waals surface area contributed by atoms with E-state index in [1.807, 2.05) is 41.3 Å².